The van der Waals surface area contributed by atoms with Gasteiger partial charge in [-0.3, -0.25) is 4.79 Å². The summed E-state index contributed by atoms with van der Waals surface area (Å²) in [5, 5.41) is 0.800. The molecule has 0 radical (unpaired) electrons. The van der Waals surface area contributed by atoms with E-state index in [2.05, 4.69) is 4.57 Å². The lowest BCUT2D eigenvalue weighted by Crippen LogP contribution is -2.20. The van der Waals surface area contributed by atoms with E-state index < -0.39 is 5.91 Å². The van der Waals surface area contributed by atoms with E-state index >= 15 is 0 Å². The maximum Gasteiger partial charge on any atom is 0.340 e. The zero-order valence-corrected chi connectivity index (χ0v) is 15.4. The van der Waals surface area contributed by atoms with Crippen LogP contribution in [0.2, 0.25) is 0 Å². The Morgan fingerprint density at radius 3 is 2.62 bits per heavy atom. The number of amides is 1. The summed E-state index contributed by atoms with van der Waals surface area (Å²) in [5.74, 6) is -0.342. The van der Waals surface area contributed by atoms with Crippen LogP contribution in [-0.4, -0.2) is 29.7 Å². The molecule has 0 saturated heterocycles. The minimum atomic E-state index is -0.535. The fraction of sp³-hybridized carbons (Fsp3) is 0.500. The van der Waals surface area contributed by atoms with Crippen molar-refractivity contribution >= 4 is 22.8 Å². The summed E-state index contributed by atoms with van der Waals surface area (Å²) in [6, 6.07) is 5.97. The van der Waals surface area contributed by atoms with Gasteiger partial charge < -0.3 is 19.8 Å². The molecule has 1 aliphatic rings. The second-order valence-corrected chi connectivity index (χ2v) is 6.78. The Morgan fingerprint density at radius 2 is 1.96 bits per heavy atom. The Labute approximate surface area is 153 Å². The number of carbonyl (C=O) groups is 2. The first-order valence-electron chi connectivity index (χ1n) is 9.25. The van der Waals surface area contributed by atoms with E-state index in [9.17, 15) is 9.59 Å². The van der Waals surface area contributed by atoms with Crippen molar-refractivity contribution in [3.05, 3.63) is 29.5 Å². The van der Waals surface area contributed by atoms with E-state index in [1.807, 2.05) is 19.1 Å². The van der Waals surface area contributed by atoms with Crippen LogP contribution in [0.15, 0.2) is 18.2 Å². The van der Waals surface area contributed by atoms with E-state index in [-0.39, 0.29) is 12.6 Å². The Bertz CT molecular complexity index is 819. The highest BCUT2D eigenvalue weighted by molar-refractivity contribution is 6.06. The second kappa shape index (κ2) is 7.81. The summed E-state index contributed by atoms with van der Waals surface area (Å²) in [4.78, 5) is 23.6. The van der Waals surface area contributed by atoms with Gasteiger partial charge in [0.05, 0.1) is 12.2 Å². The number of primary amides is 1. The first-order chi connectivity index (χ1) is 12.5. The third-order valence-corrected chi connectivity index (χ3v) is 5.02. The highest BCUT2D eigenvalue weighted by Gasteiger charge is 2.26. The number of fused-ring (bicyclic) bond motifs is 1. The molecule has 0 bridgehead atoms. The van der Waals surface area contributed by atoms with Gasteiger partial charge in [0.2, 0.25) is 0 Å². The minimum Gasteiger partial charge on any atom is -0.484 e. The van der Waals surface area contributed by atoms with Crippen molar-refractivity contribution in [1.29, 1.82) is 0 Å². The fourth-order valence-corrected chi connectivity index (χ4v) is 3.94. The number of nitrogens with zero attached hydrogens (tertiary/aromatic N) is 1. The molecule has 1 heterocycles. The average molecular weight is 358 g/mol. The van der Waals surface area contributed by atoms with Crippen molar-refractivity contribution in [2.45, 2.75) is 52.0 Å². The summed E-state index contributed by atoms with van der Waals surface area (Å²) >= 11 is 0. The van der Waals surface area contributed by atoms with Gasteiger partial charge in [0.25, 0.3) is 5.91 Å². The summed E-state index contributed by atoms with van der Waals surface area (Å²) in [7, 11) is 0. The SMILES string of the molecule is CCOC(=O)c1c(C)n(C2CCCCC2)c2ccc(OCC(N)=O)cc12. The van der Waals surface area contributed by atoms with Crippen LogP contribution in [0.3, 0.4) is 0 Å². The van der Waals surface area contributed by atoms with E-state index in [1.54, 1.807) is 13.0 Å². The molecule has 140 valence electrons. The minimum absolute atomic E-state index is 0.192. The molecule has 1 aromatic carbocycles. The first-order valence-corrected chi connectivity index (χ1v) is 9.25. The quantitative estimate of drug-likeness (QED) is 0.801. The molecule has 0 spiro atoms. The van der Waals surface area contributed by atoms with Crippen LogP contribution in [-0.2, 0) is 9.53 Å². The summed E-state index contributed by atoms with van der Waals surface area (Å²) < 4.78 is 13.0. The second-order valence-electron chi connectivity index (χ2n) is 6.78. The van der Waals surface area contributed by atoms with Gasteiger partial charge in [0.15, 0.2) is 6.61 Å². The standard InChI is InChI=1S/C20H26N2O4/c1-3-25-20(24)19-13(2)22(14-7-5-4-6-8-14)17-10-9-15(11-16(17)19)26-12-18(21)23/h9-11,14H,3-8,12H2,1-2H3,(H2,21,23). The highest BCUT2D eigenvalue weighted by atomic mass is 16.5. The highest BCUT2D eigenvalue weighted by Crippen LogP contribution is 2.37. The molecule has 0 atom stereocenters. The molecular weight excluding hydrogens is 332 g/mol. The number of ether oxygens (including phenoxy) is 2. The predicted molar refractivity (Wildman–Crippen MR) is 99.4 cm³/mol. The van der Waals surface area contributed by atoms with Gasteiger partial charge in [-0.25, -0.2) is 4.79 Å². The van der Waals surface area contributed by atoms with Crippen LogP contribution >= 0.6 is 0 Å². The maximum atomic E-state index is 12.6. The Hall–Kier alpha value is -2.50. The molecule has 1 amide bonds. The van der Waals surface area contributed by atoms with Crippen molar-refractivity contribution in [3.63, 3.8) is 0 Å². The molecule has 0 aliphatic heterocycles. The van der Waals surface area contributed by atoms with E-state index in [4.69, 9.17) is 15.2 Å². The average Bonchev–Trinajstić information content (AvgIpc) is 2.92. The first kappa shape index (κ1) is 18.3. The van der Waals surface area contributed by atoms with Gasteiger partial charge in [-0.2, -0.15) is 0 Å². The van der Waals surface area contributed by atoms with E-state index in [0.717, 1.165) is 29.4 Å². The van der Waals surface area contributed by atoms with Gasteiger partial charge in [-0.05, 0) is 44.9 Å². The van der Waals surface area contributed by atoms with Crippen molar-refractivity contribution < 1.29 is 19.1 Å². The maximum absolute atomic E-state index is 12.6. The monoisotopic (exact) mass is 358 g/mol. The van der Waals surface area contributed by atoms with Crippen molar-refractivity contribution in [2.24, 2.45) is 5.73 Å². The van der Waals surface area contributed by atoms with Crippen LogP contribution < -0.4 is 10.5 Å². The molecule has 2 aromatic rings. The van der Waals surface area contributed by atoms with Crippen LogP contribution in [0.4, 0.5) is 0 Å². The molecule has 2 N–H and O–H groups in total. The number of esters is 1. The smallest absolute Gasteiger partial charge is 0.340 e. The predicted octanol–water partition coefficient (Wildman–Crippen LogP) is 3.50. The summed E-state index contributed by atoms with van der Waals surface area (Å²) in [6.45, 7) is 3.91. The normalized spacial score (nSPS) is 15.2. The fourth-order valence-electron chi connectivity index (χ4n) is 3.94. The third kappa shape index (κ3) is 3.54. The van der Waals surface area contributed by atoms with Crippen molar-refractivity contribution in [1.82, 2.24) is 4.57 Å². The Balaban J connectivity index is 2.10. The van der Waals surface area contributed by atoms with Gasteiger partial charge >= 0.3 is 5.97 Å². The molecule has 6 heteroatoms. The third-order valence-electron chi connectivity index (χ3n) is 5.02. The Morgan fingerprint density at radius 1 is 1.23 bits per heavy atom. The van der Waals surface area contributed by atoms with E-state index in [0.29, 0.717) is 24.0 Å². The van der Waals surface area contributed by atoms with Gasteiger partial charge in [0.1, 0.15) is 5.75 Å². The molecule has 0 unspecified atom stereocenters. The molecule has 6 nitrogen and oxygen atoms in total. The number of carbonyl (C=O) groups excluding carboxylic acids is 2. The van der Waals surface area contributed by atoms with E-state index in [1.165, 1.54) is 19.3 Å². The lowest BCUT2D eigenvalue weighted by atomic mass is 9.95. The van der Waals surface area contributed by atoms with Crippen molar-refractivity contribution in [3.8, 4) is 5.75 Å². The van der Waals surface area contributed by atoms with Crippen LogP contribution in [0.1, 0.15) is 61.1 Å². The molecule has 1 saturated carbocycles. The number of aromatic nitrogens is 1. The zero-order valence-electron chi connectivity index (χ0n) is 15.4. The summed E-state index contributed by atoms with van der Waals surface area (Å²) in [6.07, 6.45) is 5.92. The van der Waals surface area contributed by atoms with Crippen LogP contribution in [0.5, 0.6) is 5.75 Å². The molecule has 1 aliphatic carbocycles. The van der Waals surface area contributed by atoms with Gasteiger partial charge in [-0.15, -0.1) is 0 Å². The summed E-state index contributed by atoms with van der Waals surface area (Å²) in [5.41, 5.74) is 7.67. The number of rotatable bonds is 6. The van der Waals surface area contributed by atoms with Crippen molar-refractivity contribution in [2.75, 3.05) is 13.2 Å². The number of benzene rings is 1. The lowest BCUT2D eigenvalue weighted by molar-refractivity contribution is -0.119. The molecule has 1 aromatic heterocycles. The molecule has 3 rings (SSSR count). The van der Waals surface area contributed by atoms with Gasteiger partial charge in [0, 0.05) is 22.6 Å². The largest absolute Gasteiger partial charge is 0.484 e. The number of nitrogens with two attached hydrogens (primary N) is 1. The molecule has 26 heavy (non-hydrogen) atoms. The van der Waals surface area contributed by atoms with Crippen LogP contribution in [0.25, 0.3) is 10.9 Å². The van der Waals surface area contributed by atoms with Gasteiger partial charge in [-0.1, -0.05) is 19.3 Å². The zero-order chi connectivity index (χ0) is 18.7. The topological polar surface area (TPSA) is 83.6 Å². The van der Waals surface area contributed by atoms with Crippen LogP contribution in [0, 0.1) is 6.92 Å². The number of hydrogen-bond donors (Lipinski definition) is 1. The lowest BCUT2D eigenvalue weighted by Gasteiger charge is -2.26. The molecule has 1 fully saturated rings. The molecular formula is C20H26N2O4. The number of hydrogen-bond acceptors (Lipinski definition) is 4. The Kier molecular flexibility index (Phi) is 5.49.